The first-order valence-electron chi connectivity index (χ1n) is 6.74. The Labute approximate surface area is 120 Å². The highest BCUT2D eigenvalue weighted by molar-refractivity contribution is 7.89. The van der Waals surface area contributed by atoms with Crippen LogP contribution in [0.1, 0.15) is 24.0 Å². The van der Waals surface area contributed by atoms with Crippen LogP contribution in [-0.4, -0.2) is 28.1 Å². The quantitative estimate of drug-likeness (QED) is 0.872. The lowest BCUT2D eigenvalue weighted by Crippen LogP contribution is -2.38. The number of nitriles is 1. The van der Waals surface area contributed by atoms with Crippen molar-refractivity contribution in [3.05, 3.63) is 29.3 Å². The van der Waals surface area contributed by atoms with E-state index < -0.39 is 10.0 Å². The van der Waals surface area contributed by atoms with Crippen LogP contribution in [0.15, 0.2) is 23.1 Å². The SMILES string of the molecule is Cc1cccc(S(=O)(=O)NCC2CCCNC2)c1C#N. The van der Waals surface area contributed by atoms with Crippen LogP contribution in [0.2, 0.25) is 0 Å². The van der Waals surface area contributed by atoms with Crippen molar-refractivity contribution in [3.63, 3.8) is 0 Å². The number of nitrogens with one attached hydrogen (secondary N) is 2. The summed E-state index contributed by atoms with van der Waals surface area (Å²) in [5, 5.41) is 12.4. The van der Waals surface area contributed by atoms with Gasteiger partial charge in [0, 0.05) is 6.54 Å². The molecule has 1 aromatic rings. The average Bonchev–Trinajstić information content (AvgIpc) is 2.46. The molecule has 0 aromatic heterocycles. The van der Waals surface area contributed by atoms with Gasteiger partial charge in [-0.3, -0.25) is 0 Å². The van der Waals surface area contributed by atoms with Crippen LogP contribution < -0.4 is 10.0 Å². The van der Waals surface area contributed by atoms with Crippen molar-refractivity contribution in [1.82, 2.24) is 10.0 Å². The maximum absolute atomic E-state index is 12.3. The van der Waals surface area contributed by atoms with Gasteiger partial charge in [0.05, 0.1) is 10.5 Å². The fourth-order valence-corrected chi connectivity index (χ4v) is 3.76. The van der Waals surface area contributed by atoms with Gasteiger partial charge in [-0.15, -0.1) is 0 Å². The van der Waals surface area contributed by atoms with E-state index in [0.29, 0.717) is 18.0 Å². The van der Waals surface area contributed by atoms with Crippen molar-refractivity contribution in [1.29, 1.82) is 5.26 Å². The standard InChI is InChI=1S/C14H19N3O2S/c1-11-4-2-6-14(13(11)8-15)20(18,19)17-10-12-5-3-7-16-9-12/h2,4,6,12,16-17H,3,5,7,9-10H2,1H3. The first-order valence-corrected chi connectivity index (χ1v) is 8.23. The minimum Gasteiger partial charge on any atom is -0.316 e. The van der Waals surface area contributed by atoms with E-state index in [-0.39, 0.29) is 10.5 Å². The van der Waals surface area contributed by atoms with E-state index in [9.17, 15) is 8.42 Å². The predicted octanol–water partition coefficient (Wildman–Crippen LogP) is 1.14. The minimum absolute atomic E-state index is 0.0729. The summed E-state index contributed by atoms with van der Waals surface area (Å²) in [5.41, 5.74) is 0.900. The topological polar surface area (TPSA) is 82.0 Å². The Bertz CT molecular complexity index is 614. The number of benzene rings is 1. The fraction of sp³-hybridized carbons (Fsp3) is 0.500. The third kappa shape index (κ3) is 3.37. The molecule has 5 nitrogen and oxygen atoms in total. The number of piperidine rings is 1. The summed E-state index contributed by atoms with van der Waals surface area (Å²) in [5.74, 6) is 0.314. The van der Waals surface area contributed by atoms with Crippen LogP contribution in [0.5, 0.6) is 0 Å². The molecule has 1 aliphatic heterocycles. The molecular formula is C14H19N3O2S. The van der Waals surface area contributed by atoms with Gasteiger partial charge in [-0.25, -0.2) is 13.1 Å². The summed E-state index contributed by atoms with van der Waals surface area (Å²) < 4.78 is 27.3. The summed E-state index contributed by atoms with van der Waals surface area (Å²) in [6.45, 7) is 3.98. The zero-order valence-corrected chi connectivity index (χ0v) is 12.3. The summed E-state index contributed by atoms with van der Waals surface area (Å²) in [6.07, 6.45) is 2.09. The van der Waals surface area contributed by atoms with E-state index in [1.54, 1.807) is 19.1 Å². The van der Waals surface area contributed by atoms with Crippen molar-refractivity contribution in [3.8, 4) is 6.07 Å². The summed E-state index contributed by atoms with van der Waals surface area (Å²) in [6, 6.07) is 6.85. The van der Waals surface area contributed by atoms with Gasteiger partial charge >= 0.3 is 0 Å². The van der Waals surface area contributed by atoms with E-state index in [0.717, 1.165) is 25.9 Å². The van der Waals surface area contributed by atoms with Crippen molar-refractivity contribution < 1.29 is 8.42 Å². The molecule has 0 bridgehead atoms. The van der Waals surface area contributed by atoms with Crippen molar-refractivity contribution in [2.75, 3.05) is 19.6 Å². The first kappa shape index (κ1) is 15.0. The zero-order valence-electron chi connectivity index (χ0n) is 11.5. The molecule has 0 radical (unpaired) electrons. The van der Waals surface area contributed by atoms with Gasteiger partial charge in [-0.1, -0.05) is 12.1 Å². The number of nitrogens with zero attached hydrogens (tertiary/aromatic N) is 1. The number of hydrogen-bond acceptors (Lipinski definition) is 4. The van der Waals surface area contributed by atoms with E-state index >= 15 is 0 Å². The highest BCUT2D eigenvalue weighted by Crippen LogP contribution is 2.19. The minimum atomic E-state index is -3.63. The lowest BCUT2D eigenvalue weighted by atomic mass is 10.0. The smallest absolute Gasteiger partial charge is 0.241 e. The van der Waals surface area contributed by atoms with Gasteiger partial charge in [0.15, 0.2) is 0 Å². The van der Waals surface area contributed by atoms with Gasteiger partial charge in [-0.2, -0.15) is 5.26 Å². The normalized spacial score (nSPS) is 19.5. The summed E-state index contributed by atoms with van der Waals surface area (Å²) >= 11 is 0. The largest absolute Gasteiger partial charge is 0.316 e. The molecule has 1 aromatic carbocycles. The Morgan fingerprint density at radius 2 is 2.30 bits per heavy atom. The molecule has 108 valence electrons. The molecule has 2 N–H and O–H groups in total. The molecule has 20 heavy (non-hydrogen) atoms. The molecule has 0 spiro atoms. The number of hydrogen-bond donors (Lipinski definition) is 2. The number of aryl methyl sites for hydroxylation is 1. The highest BCUT2D eigenvalue weighted by Gasteiger charge is 2.21. The second-order valence-corrected chi connectivity index (χ2v) is 6.86. The molecule has 0 amide bonds. The number of rotatable bonds is 4. The molecule has 6 heteroatoms. The van der Waals surface area contributed by atoms with E-state index in [1.165, 1.54) is 6.07 Å². The van der Waals surface area contributed by atoms with Crippen LogP contribution in [0.25, 0.3) is 0 Å². The molecule has 1 saturated heterocycles. The molecule has 1 aliphatic rings. The third-order valence-corrected chi connectivity index (χ3v) is 5.06. The van der Waals surface area contributed by atoms with E-state index in [1.807, 2.05) is 6.07 Å². The fourth-order valence-electron chi connectivity index (χ4n) is 2.41. The Morgan fingerprint density at radius 3 is 2.95 bits per heavy atom. The molecule has 1 unspecified atom stereocenters. The van der Waals surface area contributed by atoms with E-state index in [2.05, 4.69) is 10.0 Å². The zero-order chi connectivity index (χ0) is 14.6. The monoisotopic (exact) mass is 293 g/mol. The van der Waals surface area contributed by atoms with Gasteiger partial charge in [0.25, 0.3) is 0 Å². The van der Waals surface area contributed by atoms with Crippen molar-refractivity contribution in [2.45, 2.75) is 24.7 Å². The van der Waals surface area contributed by atoms with Gasteiger partial charge in [-0.05, 0) is 50.4 Å². The van der Waals surface area contributed by atoms with Crippen LogP contribution >= 0.6 is 0 Å². The maximum atomic E-state index is 12.3. The van der Waals surface area contributed by atoms with Crippen LogP contribution in [0, 0.1) is 24.2 Å². The van der Waals surface area contributed by atoms with Crippen molar-refractivity contribution >= 4 is 10.0 Å². The first-order chi connectivity index (χ1) is 9.54. The average molecular weight is 293 g/mol. The summed E-state index contributed by atoms with van der Waals surface area (Å²) in [4.78, 5) is 0.0729. The Morgan fingerprint density at radius 1 is 1.50 bits per heavy atom. The Balaban J connectivity index is 2.14. The Kier molecular flexibility index (Phi) is 4.76. The third-order valence-electron chi connectivity index (χ3n) is 3.60. The molecule has 2 rings (SSSR count). The van der Waals surface area contributed by atoms with Gasteiger partial charge in [0.2, 0.25) is 10.0 Å². The molecule has 1 fully saturated rings. The van der Waals surface area contributed by atoms with Crippen LogP contribution in [0.4, 0.5) is 0 Å². The second-order valence-electron chi connectivity index (χ2n) is 5.12. The molecular weight excluding hydrogens is 274 g/mol. The molecule has 1 atom stereocenters. The lowest BCUT2D eigenvalue weighted by Gasteiger charge is -2.23. The molecule has 0 aliphatic carbocycles. The van der Waals surface area contributed by atoms with Gasteiger partial charge < -0.3 is 5.32 Å². The molecule has 0 saturated carbocycles. The molecule has 1 heterocycles. The van der Waals surface area contributed by atoms with Crippen LogP contribution in [0.3, 0.4) is 0 Å². The van der Waals surface area contributed by atoms with Crippen molar-refractivity contribution in [2.24, 2.45) is 5.92 Å². The summed E-state index contributed by atoms with van der Waals surface area (Å²) in [7, 11) is -3.63. The van der Waals surface area contributed by atoms with E-state index in [4.69, 9.17) is 5.26 Å². The maximum Gasteiger partial charge on any atom is 0.241 e. The van der Waals surface area contributed by atoms with Gasteiger partial charge in [0.1, 0.15) is 6.07 Å². The number of sulfonamides is 1. The van der Waals surface area contributed by atoms with Crippen LogP contribution in [-0.2, 0) is 10.0 Å². The predicted molar refractivity (Wildman–Crippen MR) is 76.7 cm³/mol. The Hall–Kier alpha value is -1.42. The highest BCUT2D eigenvalue weighted by atomic mass is 32.2. The second kappa shape index (κ2) is 6.35. The lowest BCUT2D eigenvalue weighted by molar-refractivity contribution is 0.376.